The van der Waals surface area contributed by atoms with Gasteiger partial charge in [-0.2, -0.15) is 0 Å². The monoisotopic (exact) mass is 254 g/mol. The quantitative estimate of drug-likeness (QED) is 0.815. The lowest BCUT2D eigenvalue weighted by atomic mass is 10.1. The smallest absolute Gasteiger partial charge is 0.335 e. The molecule has 0 aliphatic heterocycles. The van der Waals surface area contributed by atoms with Crippen molar-refractivity contribution in [2.24, 2.45) is 0 Å². The number of hydrogen-bond donors (Lipinski definition) is 2. The van der Waals surface area contributed by atoms with Crippen LogP contribution in [0, 0.1) is 0 Å². The van der Waals surface area contributed by atoms with Crippen molar-refractivity contribution >= 4 is 23.7 Å². The Morgan fingerprint density at radius 2 is 2.06 bits per heavy atom. The number of aliphatic carboxylic acids is 1. The van der Waals surface area contributed by atoms with Crippen LogP contribution in [0.4, 0.5) is 0 Å². The first-order chi connectivity index (χ1) is 8.04. The van der Waals surface area contributed by atoms with Crippen molar-refractivity contribution in [2.45, 2.75) is 24.3 Å². The predicted molar refractivity (Wildman–Crippen MR) is 66.4 cm³/mol. The number of thioether (sulfide) groups is 1. The van der Waals surface area contributed by atoms with Crippen molar-refractivity contribution < 1.29 is 19.8 Å². The first-order valence-corrected chi connectivity index (χ1v) is 6.26. The second-order valence-corrected chi connectivity index (χ2v) is 4.74. The summed E-state index contributed by atoms with van der Waals surface area (Å²) in [7, 11) is 0. The van der Waals surface area contributed by atoms with Gasteiger partial charge in [0.15, 0.2) is 0 Å². The molecule has 0 spiro atoms. The first kappa shape index (κ1) is 13.6. The fourth-order valence-electron chi connectivity index (χ4n) is 1.35. The summed E-state index contributed by atoms with van der Waals surface area (Å²) in [5.41, 5.74) is 1.06. The van der Waals surface area contributed by atoms with Crippen molar-refractivity contribution in [1.82, 2.24) is 0 Å². The summed E-state index contributed by atoms with van der Waals surface area (Å²) >= 11 is 1.31. The van der Waals surface area contributed by atoms with Crippen LogP contribution < -0.4 is 0 Å². The van der Waals surface area contributed by atoms with Gasteiger partial charge in [-0.3, -0.25) is 4.79 Å². The minimum atomic E-state index is -0.970. The molecule has 0 amide bonds. The lowest BCUT2D eigenvalue weighted by Gasteiger charge is -2.09. The molecule has 0 bridgehead atoms. The maximum absolute atomic E-state index is 10.8. The van der Waals surface area contributed by atoms with E-state index in [1.807, 2.05) is 6.92 Å². The summed E-state index contributed by atoms with van der Waals surface area (Å²) in [6.45, 7) is 1.82. The molecule has 4 nitrogen and oxygen atoms in total. The number of aromatic carboxylic acids is 1. The molecule has 0 fully saturated rings. The van der Waals surface area contributed by atoms with Crippen molar-refractivity contribution in [3.63, 3.8) is 0 Å². The van der Waals surface area contributed by atoms with Crippen LogP contribution in [0.5, 0.6) is 0 Å². The standard InChI is InChI=1S/C12H14O4S/c1-2-10(12(15)16)17-7-8-4-3-5-9(6-8)11(13)14/h3-6,10H,2,7H2,1H3,(H,13,14)(H,15,16). The molecule has 0 saturated heterocycles. The topological polar surface area (TPSA) is 74.6 Å². The van der Waals surface area contributed by atoms with Gasteiger partial charge in [-0.15, -0.1) is 11.8 Å². The Morgan fingerprint density at radius 3 is 2.59 bits per heavy atom. The van der Waals surface area contributed by atoms with Gasteiger partial charge in [-0.05, 0) is 24.1 Å². The molecule has 17 heavy (non-hydrogen) atoms. The van der Waals surface area contributed by atoms with E-state index in [4.69, 9.17) is 10.2 Å². The fraction of sp³-hybridized carbons (Fsp3) is 0.333. The minimum absolute atomic E-state index is 0.228. The maximum Gasteiger partial charge on any atom is 0.335 e. The lowest BCUT2D eigenvalue weighted by Crippen LogP contribution is -2.15. The van der Waals surface area contributed by atoms with Gasteiger partial charge in [0, 0.05) is 5.75 Å². The van der Waals surface area contributed by atoms with Gasteiger partial charge in [0.2, 0.25) is 0 Å². The average molecular weight is 254 g/mol. The Morgan fingerprint density at radius 1 is 1.35 bits per heavy atom. The maximum atomic E-state index is 10.8. The van der Waals surface area contributed by atoms with Crippen molar-refractivity contribution in [3.8, 4) is 0 Å². The molecule has 1 aromatic rings. The van der Waals surface area contributed by atoms with Crippen LogP contribution in [0.15, 0.2) is 24.3 Å². The van der Waals surface area contributed by atoms with E-state index < -0.39 is 17.2 Å². The summed E-state index contributed by atoms with van der Waals surface area (Å²) in [4.78, 5) is 21.6. The zero-order valence-electron chi connectivity index (χ0n) is 9.42. The van der Waals surface area contributed by atoms with E-state index in [2.05, 4.69) is 0 Å². The SMILES string of the molecule is CCC(SCc1cccc(C(=O)O)c1)C(=O)O. The van der Waals surface area contributed by atoms with Gasteiger partial charge < -0.3 is 10.2 Å². The van der Waals surface area contributed by atoms with E-state index in [9.17, 15) is 9.59 Å². The first-order valence-electron chi connectivity index (χ1n) is 5.21. The largest absolute Gasteiger partial charge is 0.480 e. The Labute approximate surface area is 104 Å². The average Bonchev–Trinajstić information content (AvgIpc) is 2.29. The van der Waals surface area contributed by atoms with Crippen LogP contribution in [-0.2, 0) is 10.5 Å². The summed E-state index contributed by atoms with van der Waals surface area (Å²) in [6, 6.07) is 6.56. The van der Waals surface area contributed by atoms with E-state index in [1.54, 1.807) is 18.2 Å². The molecule has 1 atom stereocenters. The van der Waals surface area contributed by atoms with E-state index >= 15 is 0 Å². The van der Waals surface area contributed by atoms with Gasteiger partial charge in [0.25, 0.3) is 0 Å². The predicted octanol–water partition coefficient (Wildman–Crippen LogP) is 2.48. The molecule has 0 heterocycles. The Bertz CT molecular complexity index is 417. The second kappa shape index (κ2) is 6.30. The van der Waals surface area contributed by atoms with Crippen LogP contribution in [0.1, 0.15) is 29.3 Å². The van der Waals surface area contributed by atoms with E-state index in [-0.39, 0.29) is 5.56 Å². The number of benzene rings is 1. The third-order valence-corrected chi connectivity index (χ3v) is 3.71. The van der Waals surface area contributed by atoms with Crippen molar-refractivity contribution in [1.29, 1.82) is 0 Å². The zero-order valence-corrected chi connectivity index (χ0v) is 10.2. The molecule has 1 aromatic carbocycles. The van der Waals surface area contributed by atoms with Crippen LogP contribution in [0.2, 0.25) is 0 Å². The molecule has 0 aliphatic carbocycles. The van der Waals surface area contributed by atoms with Crippen LogP contribution in [-0.4, -0.2) is 27.4 Å². The summed E-state index contributed by atoms with van der Waals surface area (Å²) in [5, 5.41) is 17.3. The van der Waals surface area contributed by atoms with Gasteiger partial charge in [-0.25, -0.2) is 4.79 Å². The molecule has 1 rings (SSSR count). The number of carboxylic acids is 2. The zero-order chi connectivity index (χ0) is 12.8. The molecule has 0 saturated carbocycles. The molecule has 0 aromatic heterocycles. The second-order valence-electron chi connectivity index (χ2n) is 3.55. The van der Waals surface area contributed by atoms with E-state index in [0.717, 1.165) is 5.56 Å². The number of hydrogen-bond acceptors (Lipinski definition) is 3. The Hall–Kier alpha value is -1.49. The molecule has 2 N–H and O–H groups in total. The molecule has 1 unspecified atom stereocenters. The molecule has 0 radical (unpaired) electrons. The molecule has 5 heteroatoms. The molecular formula is C12H14O4S. The molecule has 92 valence electrons. The molecule has 0 aliphatic rings. The highest BCUT2D eigenvalue weighted by atomic mass is 32.2. The van der Waals surface area contributed by atoms with Crippen LogP contribution >= 0.6 is 11.8 Å². The highest BCUT2D eigenvalue weighted by Crippen LogP contribution is 2.21. The summed E-state index contributed by atoms with van der Waals surface area (Å²) in [6.07, 6.45) is 0.554. The van der Waals surface area contributed by atoms with Crippen molar-refractivity contribution in [3.05, 3.63) is 35.4 Å². The lowest BCUT2D eigenvalue weighted by molar-refractivity contribution is -0.136. The summed E-state index contributed by atoms with van der Waals surface area (Å²) < 4.78 is 0. The van der Waals surface area contributed by atoms with Crippen molar-refractivity contribution in [2.75, 3.05) is 0 Å². The normalized spacial score (nSPS) is 12.1. The minimum Gasteiger partial charge on any atom is -0.480 e. The number of carboxylic acid groups (broad SMARTS) is 2. The number of rotatable bonds is 6. The number of carbonyl (C=O) groups is 2. The highest BCUT2D eigenvalue weighted by molar-refractivity contribution is 7.99. The Kier molecular flexibility index (Phi) is 5.03. The third kappa shape index (κ3) is 4.11. The van der Waals surface area contributed by atoms with Gasteiger partial charge >= 0.3 is 11.9 Å². The molecular weight excluding hydrogens is 240 g/mol. The van der Waals surface area contributed by atoms with Gasteiger partial charge in [-0.1, -0.05) is 19.1 Å². The third-order valence-electron chi connectivity index (χ3n) is 2.27. The summed E-state index contributed by atoms with van der Waals surface area (Å²) in [5.74, 6) is -1.29. The van der Waals surface area contributed by atoms with Crippen LogP contribution in [0.3, 0.4) is 0 Å². The van der Waals surface area contributed by atoms with E-state index in [1.165, 1.54) is 17.8 Å². The fourth-order valence-corrected chi connectivity index (χ4v) is 2.31. The Balaban J connectivity index is 2.66. The highest BCUT2D eigenvalue weighted by Gasteiger charge is 2.15. The van der Waals surface area contributed by atoms with Crippen LogP contribution in [0.25, 0.3) is 0 Å². The van der Waals surface area contributed by atoms with Gasteiger partial charge in [0.1, 0.15) is 5.25 Å². The van der Waals surface area contributed by atoms with E-state index in [0.29, 0.717) is 12.2 Å². The van der Waals surface area contributed by atoms with Gasteiger partial charge in [0.05, 0.1) is 5.56 Å².